The van der Waals surface area contributed by atoms with Gasteiger partial charge in [0.25, 0.3) is 5.91 Å². The molecule has 0 bridgehead atoms. The second-order valence-corrected chi connectivity index (χ2v) is 6.95. The molecule has 1 aromatic rings. The molecule has 5 nitrogen and oxygen atoms in total. The van der Waals surface area contributed by atoms with Crippen molar-refractivity contribution in [3.8, 4) is 5.75 Å². The minimum Gasteiger partial charge on any atom is -0.496 e. The van der Waals surface area contributed by atoms with Crippen molar-refractivity contribution in [1.29, 1.82) is 0 Å². The molecular formula is C19H30N2O3. The Kier molecular flexibility index (Phi) is 6.24. The Morgan fingerprint density at radius 1 is 1.46 bits per heavy atom. The molecule has 2 rings (SSSR count). The average molecular weight is 334 g/mol. The van der Waals surface area contributed by atoms with E-state index < -0.39 is 0 Å². The van der Waals surface area contributed by atoms with Crippen LogP contribution in [0.2, 0.25) is 0 Å². The molecule has 0 aliphatic carbocycles. The number of hydrogen-bond acceptors (Lipinski definition) is 4. The molecule has 1 heterocycles. The lowest BCUT2D eigenvalue weighted by atomic mass is 9.95. The first kappa shape index (κ1) is 18.7. The first-order chi connectivity index (χ1) is 11.4. The van der Waals surface area contributed by atoms with Crippen molar-refractivity contribution < 1.29 is 14.6 Å². The number of hydrogen-bond donors (Lipinski definition) is 1. The number of methoxy groups -OCH3 is 1. The maximum Gasteiger partial charge on any atom is 0.257 e. The maximum absolute atomic E-state index is 13.1. The Morgan fingerprint density at radius 3 is 2.67 bits per heavy atom. The lowest BCUT2D eigenvalue weighted by Crippen LogP contribution is -2.57. The third-order valence-electron chi connectivity index (χ3n) is 5.09. The summed E-state index contributed by atoms with van der Waals surface area (Å²) in [5.74, 6) is 0.981. The van der Waals surface area contributed by atoms with Crippen LogP contribution in [0.15, 0.2) is 18.2 Å². The Labute approximate surface area is 145 Å². The van der Waals surface area contributed by atoms with E-state index >= 15 is 0 Å². The number of likely N-dealkylation sites (N-methyl/N-ethyl adjacent to an activating group) is 1. The topological polar surface area (TPSA) is 53.0 Å². The van der Waals surface area contributed by atoms with Gasteiger partial charge in [-0.3, -0.25) is 9.69 Å². The van der Waals surface area contributed by atoms with E-state index in [4.69, 9.17) is 4.74 Å². The Balaban J connectivity index is 2.19. The highest BCUT2D eigenvalue weighted by atomic mass is 16.5. The molecule has 134 valence electrons. The lowest BCUT2D eigenvalue weighted by Gasteiger charge is -2.42. The number of aliphatic hydroxyl groups is 1. The number of nitrogens with zero attached hydrogens (tertiary/aromatic N) is 2. The van der Waals surface area contributed by atoms with Gasteiger partial charge in [0.2, 0.25) is 0 Å². The fourth-order valence-corrected chi connectivity index (χ4v) is 3.24. The molecule has 0 spiro atoms. The molecule has 1 aromatic carbocycles. The number of carbonyl (C=O) groups excluding carboxylic acids is 1. The number of carbonyl (C=O) groups is 1. The second kappa shape index (κ2) is 7.99. The van der Waals surface area contributed by atoms with Crippen LogP contribution in [-0.2, 0) is 0 Å². The third-order valence-corrected chi connectivity index (χ3v) is 5.09. The van der Waals surface area contributed by atoms with E-state index in [0.717, 1.165) is 18.5 Å². The normalized spacial score (nSPS) is 17.9. The van der Waals surface area contributed by atoms with Crippen LogP contribution < -0.4 is 4.74 Å². The molecule has 0 aromatic heterocycles. The summed E-state index contributed by atoms with van der Waals surface area (Å²) in [5, 5.41) is 9.51. The highest BCUT2D eigenvalue weighted by Gasteiger charge is 2.32. The van der Waals surface area contributed by atoms with Crippen molar-refractivity contribution in [3.05, 3.63) is 29.3 Å². The molecule has 1 aliphatic rings. The predicted molar refractivity (Wildman–Crippen MR) is 95.5 cm³/mol. The SMILES string of the molecule is CC[C@H](C)[C@@H](CN1CC(O)C1)N(C)C(=O)c1cc(C)ccc1OC. The summed E-state index contributed by atoms with van der Waals surface area (Å²) in [4.78, 5) is 17.1. The van der Waals surface area contributed by atoms with Gasteiger partial charge in [0.15, 0.2) is 0 Å². The average Bonchev–Trinajstić information content (AvgIpc) is 2.55. The van der Waals surface area contributed by atoms with Crippen LogP contribution >= 0.6 is 0 Å². The van der Waals surface area contributed by atoms with E-state index in [-0.39, 0.29) is 18.1 Å². The summed E-state index contributed by atoms with van der Waals surface area (Å²) >= 11 is 0. The number of β-amino-alcohol motifs (C(OH)–C–C–N with tert-alkyl or cyclic N) is 1. The van der Waals surface area contributed by atoms with E-state index in [0.29, 0.717) is 30.3 Å². The smallest absolute Gasteiger partial charge is 0.257 e. The summed E-state index contributed by atoms with van der Waals surface area (Å²) in [6, 6.07) is 5.79. The fourth-order valence-electron chi connectivity index (χ4n) is 3.24. The standard InChI is InChI=1S/C19H30N2O3/c1-6-14(3)17(12-21-10-15(22)11-21)20(4)19(23)16-9-13(2)7-8-18(16)24-5/h7-9,14-15,17,22H,6,10-12H2,1-5H3/t14-,17+/m0/s1. The van der Waals surface area contributed by atoms with Crippen LogP contribution in [0.5, 0.6) is 5.75 Å². The van der Waals surface area contributed by atoms with Crippen LogP contribution in [0.4, 0.5) is 0 Å². The minimum atomic E-state index is -0.222. The van der Waals surface area contributed by atoms with Crippen molar-refractivity contribution in [2.24, 2.45) is 5.92 Å². The highest BCUT2D eigenvalue weighted by molar-refractivity contribution is 5.97. The summed E-state index contributed by atoms with van der Waals surface area (Å²) in [6.45, 7) is 8.49. The number of amides is 1. The van der Waals surface area contributed by atoms with Crippen LogP contribution in [-0.4, -0.2) is 66.8 Å². The predicted octanol–water partition coefficient (Wildman–Crippen LogP) is 2.17. The highest BCUT2D eigenvalue weighted by Crippen LogP contribution is 2.25. The molecule has 2 atom stereocenters. The van der Waals surface area contributed by atoms with Crippen molar-refractivity contribution in [2.75, 3.05) is 33.8 Å². The molecule has 1 saturated heterocycles. The summed E-state index contributed by atoms with van der Waals surface area (Å²) in [6.07, 6.45) is 0.782. The van der Waals surface area contributed by atoms with Gasteiger partial charge < -0.3 is 14.7 Å². The molecule has 1 fully saturated rings. The van der Waals surface area contributed by atoms with Gasteiger partial charge in [-0.15, -0.1) is 0 Å². The zero-order valence-electron chi connectivity index (χ0n) is 15.5. The lowest BCUT2D eigenvalue weighted by molar-refractivity contribution is -0.0162. The van der Waals surface area contributed by atoms with Crippen LogP contribution in [0.3, 0.4) is 0 Å². The molecule has 1 aliphatic heterocycles. The summed E-state index contributed by atoms with van der Waals surface area (Å²) in [7, 11) is 3.46. The first-order valence-corrected chi connectivity index (χ1v) is 8.69. The van der Waals surface area contributed by atoms with Gasteiger partial charge in [0, 0.05) is 32.7 Å². The van der Waals surface area contributed by atoms with Crippen LogP contribution in [0.1, 0.15) is 36.2 Å². The van der Waals surface area contributed by atoms with E-state index in [1.165, 1.54) is 0 Å². The van der Waals surface area contributed by atoms with Crippen molar-refractivity contribution in [3.63, 3.8) is 0 Å². The fraction of sp³-hybridized carbons (Fsp3) is 0.632. The van der Waals surface area contributed by atoms with Gasteiger partial charge in [-0.2, -0.15) is 0 Å². The van der Waals surface area contributed by atoms with Crippen LogP contribution in [0.25, 0.3) is 0 Å². The van der Waals surface area contributed by atoms with Gasteiger partial charge in [-0.25, -0.2) is 0 Å². The Hall–Kier alpha value is -1.59. The van der Waals surface area contributed by atoms with Crippen LogP contribution in [0, 0.1) is 12.8 Å². The van der Waals surface area contributed by atoms with E-state index in [2.05, 4.69) is 18.7 Å². The van der Waals surface area contributed by atoms with Gasteiger partial charge in [0.1, 0.15) is 5.75 Å². The molecule has 24 heavy (non-hydrogen) atoms. The molecular weight excluding hydrogens is 304 g/mol. The van der Waals surface area contributed by atoms with Gasteiger partial charge >= 0.3 is 0 Å². The number of benzene rings is 1. The van der Waals surface area contributed by atoms with Gasteiger partial charge in [-0.05, 0) is 25.0 Å². The molecule has 0 saturated carbocycles. The number of rotatable bonds is 7. The molecule has 0 radical (unpaired) electrons. The number of aryl methyl sites for hydroxylation is 1. The number of likely N-dealkylation sites (tertiary alicyclic amines) is 1. The quantitative estimate of drug-likeness (QED) is 0.830. The number of aliphatic hydroxyl groups excluding tert-OH is 1. The first-order valence-electron chi connectivity index (χ1n) is 8.69. The third kappa shape index (κ3) is 4.08. The maximum atomic E-state index is 13.1. The summed E-state index contributed by atoms with van der Waals surface area (Å²) < 4.78 is 5.37. The van der Waals surface area contributed by atoms with E-state index in [9.17, 15) is 9.90 Å². The molecule has 1 amide bonds. The monoisotopic (exact) mass is 334 g/mol. The van der Waals surface area contributed by atoms with Crippen molar-refractivity contribution >= 4 is 5.91 Å². The van der Waals surface area contributed by atoms with E-state index in [1.54, 1.807) is 7.11 Å². The zero-order valence-corrected chi connectivity index (χ0v) is 15.5. The largest absolute Gasteiger partial charge is 0.496 e. The van der Waals surface area contributed by atoms with Crippen molar-refractivity contribution in [1.82, 2.24) is 9.80 Å². The summed E-state index contributed by atoms with van der Waals surface area (Å²) in [5.41, 5.74) is 1.65. The second-order valence-electron chi connectivity index (χ2n) is 6.95. The molecule has 5 heteroatoms. The minimum absolute atomic E-state index is 0.0121. The Bertz CT molecular complexity index is 570. The van der Waals surface area contributed by atoms with E-state index in [1.807, 2.05) is 37.1 Å². The molecule has 0 unspecified atom stereocenters. The number of ether oxygens (including phenoxy) is 1. The van der Waals surface area contributed by atoms with Gasteiger partial charge in [-0.1, -0.05) is 31.9 Å². The zero-order chi connectivity index (χ0) is 17.9. The van der Waals surface area contributed by atoms with Gasteiger partial charge in [0.05, 0.1) is 18.8 Å². The molecule has 1 N–H and O–H groups in total. The van der Waals surface area contributed by atoms with Crippen molar-refractivity contribution in [2.45, 2.75) is 39.3 Å². The Morgan fingerprint density at radius 2 is 2.12 bits per heavy atom.